The molecule has 1 aliphatic heterocycles. The maximum absolute atomic E-state index is 13.1. The van der Waals surface area contributed by atoms with Crippen LogP contribution in [0.4, 0.5) is 18.9 Å². The van der Waals surface area contributed by atoms with E-state index in [1.54, 1.807) is 11.0 Å². The first kappa shape index (κ1) is 18.5. The Morgan fingerprint density at radius 1 is 1.14 bits per heavy atom. The Kier molecular flexibility index (Phi) is 6.77. The first-order valence-electron chi connectivity index (χ1n) is 6.46. The molecule has 0 unspecified atom stereocenters. The Morgan fingerprint density at radius 3 is 2.29 bits per heavy atom. The number of anilines is 1. The van der Waals surface area contributed by atoms with Crippen molar-refractivity contribution in [2.24, 2.45) is 5.73 Å². The number of alkyl halides is 3. The van der Waals surface area contributed by atoms with Crippen molar-refractivity contribution in [3.05, 3.63) is 28.2 Å². The lowest BCUT2D eigenvalue weighted by atomic mass is 10.1. The lowest BCUT2D eigenvalue weighted by Crippen LogP contribution is -2.48. The summed E-state index contributed by atoms with van der Waals surface area (Å²) in [5, 5.41) is 0. The molecule has 1 aliphatic rings. The van der Waals surface area contributed by atoms with Crippen LogP contribution >= 0.6 is 28.3 Å². The molecule has 3 nitrogen and oxygen atoms in total. The van der Waals surface area contributed by atoms with Crippen molar-refractivity contribution in [2.45, 2.75) is 6.18 Å². The van der Waals surface area contributed by atoms with E-state index >= 15 is 0 Å². The van der Waals surface area contributed by atoms with E-state index in [9.17, 15) is 13.2 Å². The number of hydrogen-bond acceptors (Lipinski definition) is 3. The van der Waals surface area contributed by atoms with Gasteiger partial charge < -0.3 is 10.6 Å². The fraction of sp³-hybridized carbons (Fsp3) is 0.538. The Labute approximate surface area is 136 Å². The minimum atomic E-state index is -4.34. The number of nitrogens with zero attached hydrogens (tertiary/aromatic N) is 2. The molecule has 1 saturated heterocycles. The molecule has 0 atom stereocenters. The van der Waals surface area contributed by atoms with Crippen LogP contribution in [0.25, 0.3) is 0 Å². The molecule has 2 N–H and O–H groups in total. The Hall–Kier alpha value is -0.500. The summed E-state index contributed by atoms with van der Waals surface area (Å²) in [7, 11) is 0. The van der Waals surface area contributed by atoms with Crippen molar-refractivity contribution in [1.29, 1.82) is 0 Å². The van der Waals surface area contributed by atoms with E-state index in [0.29, 0.717) is 24.1 Å². The number of benzene rings is 1. The molecule has 0 saturated carbocycles. The van der Waals surface area contributed by atoms with Crippen LogP contribution in [0.5, 0.6) is 0 Å². The maximum atomic E-state index is 13.1. The van der Waals surface area contributed by atoms with Crippen LogP contribution < -0.4 is 10.6 Å². The second-order valence-electron chi connectivity index (χ2n) is 4.78. The minimum absolute atomic E-state index is 0. The van der Waals surface area contributed by atoms with Crippen LogP contribution in [0.3, 0.4) is 0 Å². The van der Waals surface area contributed by atoms with Crippen molar-refractivity contribution in [2.75, 3.05) is 44.2 Å². The number of nitrogens with two attached hydrogens (primary N) is 1. The molecule has 0 bridgehead atoms. The number of piperazine rings is 1. The average Bonchev–Trinajstić information content (AvgIpc) is 2.39. The zero-order valence-electron chi connectivity index (χ0n) is 11.4. The molecule has 0 aromatic heterocycles. The van der Waals surface area contributed by atoms with Gasteiger partial charge in [-0.2, -0.15) is 13.2 Å². The predicted molar refractivity (Wildman–Crippen MR) is 84.1 cm³/mol. The second-order valence-corrected chi connectivity index (χ2v) is 5.69. The van der Waals surface area contributed by atoms with Crippen molar-refractivity contribution >= 4 is 34.0 Å². The zero-order chi connectivity index (χ0) is 14.8. The number of hydrogen-bond donors (Lipinski definition) is 1. The molecule has 1 aromatic carbocycles. The normalized spacial score (nSPS) is 16.7. The van der Waals surface area contributed by atoms with Gasteiger partial charge in [-0.05, 0) is 18.2 Å². The molecule has 21 heavy (non-hydrogen) atoms. The average molecular weight is 389 g/mol. The summed E-state index contributed by atoms with van der Waals surface area (Å²) in [5.74, 6) is 0. The lowest BCUT2D eigenvalue weighted by Gasteiger charge is -2.37. The molecule has 120 valence electrons. The third-order valence-corrected chi connectivity index (χ3v) is 3.92. The monoisotopic (exact) mass is 387 g/mol. The van der Waals surface area contributed by atoms with Crippen LogP contribution in [0.15, 0.2) is 22.7 Å². The summed E-state index contributed by atoms with van der Waals surface area (Å²) in [4.78, 5) is 3.96. The summed E-state index contributed by atoms with van der Waals surface area (Å²) >= 11 is 3.10. The molecule has 0 aliphatic carbocycles. The van der Waals surface area contributed by atoms with Crippen LogP contribution in [0, 0.1) is 0 Å². The maximum Gasteiger partial charge on any atom is 0.418 e. The highest BCUT2D eigenvalue weighted by atomic mass is 79.9. The van der Waals surface area contributed by atoms with E-state index in [1.165, 1.54) is 6.07 Å². The van der Waals surface area contributed by atoms with Crippen molar-refractivity contribution in [1.82, 2.24) is 4.90 Å². The van der Waals surface area contributed by atoms with E-state index in [1.807, 2.05) is 0 Å². The first-order valence-corrected chi connectivity index (χ1v) is 7.25. The third kappa shape index (κ3) is 4.74. The quantitative estimate of drug-likeness (QED) is 0.864. The van der Waals surface area contributed by atoms with E-state index in [4.69, 9.17) is 5.73 Å². The van der Waals surface area contributed by atoms with Gasteiger partial charge in [0.15, 0.2) is 0 Å². The molecule has 1 aromatic rings. The smallest absolute Gasteiger partial charge is 0.368 e. The first-order chi connectivity index (χ1) is 9.41. The predicted octanol–water partition coefficient (Wildman–Crippen LogP) is 2.97. The standard InChI is InChI=1S/C13H17BrF3N3.ClH/c14-10-1-2-12(11(9-10)13(15,16)17)20-7-5-19(4-3-18)6-8-20;/h1-2,9H,3-8,18H2;1H. The lowest BCUT2D eigenvalue weighted by molar-refractivity contribution is -0.137. The highest BCUT2D eigenvalue weighted by Crippen LogP contribution is 2.38. The summed E-state index contributed by atoms with van der Waals surface area (Å²) < 4.78 is 39.8. The van der Waals surface area contributed by atoms with Crippen molar-refractivity contribution in [3.63, 3.8) is 0 Å². The van der Waals surface area contributed by atoms with Gasteiger partial charge in [0.25, 0.3) is 0 Å². The number of halogens is 5. The Morgan fingerprint density at radius 2 is 1.76 bits per heavy atom. The van der Waals surface area contributed by atoms with Crippen molar-refractivity contribution < 1.29 is 13.2 Å². The number of rotatable bonds is 3. The Balaban J connectivity index is 0.00000220. The molecule has 1 heterocycles. The highest BCUT2D eigenvalue weighted by Gasteiger charge is 2.35. The topological polar surface area (TPSA) is 32.5 Å². The van der Waals surface area contributed by atoms with Gasteiger partial charge in [0.1, 0.15) is 0 Å². The molecule has 0 spiro atoms. The molecule has 0 radical (unpaired) electrons. The molecule has 0 amide bonds. The van der Waals surface area contributed by atoms with Gasteiger partial charge in [0, 0.05) is 49.4 Å². The van der Waals surface area contributed by atoms with Crippen LogP contribution in [-0.2, 0) is 6.18 Å². The summed E-state index contributed by atoms with van der Waals surface area (Å²) in [6, 6.07) is 4.32. The largest absolute Gasteiger partial charge is 0.418 e. The van der Waals surface area contributed by atoms with Crippen LogP contribution in [0.2, 0.25) is 0 Å². The van der Waals surface area contributed by atoms with Gasteiger partial charge in [0.05, 0.1) is 5.56 Å². The second kappa shape index (κ2) is 7.67. The zero-order valence-corrected chi connectivity index (χ0v) is 13.8. The van der Waals surface area contributed by atoms with E-state index < -0.39 is 11.7 Å². The van der Waals surface area contributed by atoms with E-state index in [0.717, 1.165) is 25.7 Å². The molecule has 2 rings (SSSR count). The summed E-state index contributed by atoms with van der Waals surface area (Å²) in [6.07, 6.45) is -4.34. The summed E-state index contributed by atoms with van der Waals surface area (Å²) in [6.45, 7) is 4.02. The van der Waals surface area contributed by atoms with Gasteiger partial charge in [-0.3, -0.25) is 4.90 Å². The van der Waals surface area contributed by atoms with Crippen molar-refractivity contribution in [3.8, 4) is 0 Å². The SMILES string of the molecule is Cl.NCCN1CCN(c2ccc(Br)cc2C(F)(F)F)CC1. The summed E-state index contributed by atoms with van der Waals surface area (Å²) in [5.41, 5.74) is 5.17. The molecular weight excluding hydrogens is 371 g/mol. The van der Waals surface area contributed by atoms with Gasteiger partial charge in [-0.1, -0.05) is 15.9 Å². The van der Waals surface area contributed by atoms with Crippen LogP contribution in [0.1, 0.15) is 5.56 Å². The van der Waals surface area contributed by atoms with Gasteiger partial charge >= 0.3 is 6.18 Å². The van der Waals surface area contributed by atoms with E-state index in [-0.39, 0.29) is 18.1 Å². The minimum Gasteiger partial charge on any atom is -0.368 e. The fourth-order valence-corrected chi connectivity index (χ4v) is 2.77. The molecule has 1 fully saturated rings. The third-order valence-electron chi connectivity index (χ3n) is 3.42. The Bertz CT molecular complexity index is 462. The van der Waals surface area contributed by atoms with Crippen LogP contribution in [-0.4, -0.2) is 44.2 Å². The molecular formula is C13H18BrClF3N3. The fourth-order valence-electron chi connectivity index (χ4n) is 2.41. The van der Waals surface area contributed by atoms with Gasteiger partial charge in [0.2, 0.25) is 0 Å². The molecule has 8 heteroatoms. The highest BCUT2D eigenvalue weighted by molar-refractivity contribution is 9.10. The van der Waals surface area contributed by atoms with Gasteiger partial charge in [-0.15, -0.1) is 12.4 Å². The van der Waals surface area contributed by atoms with E-state index in [2.05, 4.69) is 20.8 Å². The van der Waals surface area contributed by atoms with Gasteiger partial charge in [-0.25, -0.2) is 0 Å².